The monoisotopic (exact) mass is 444 g/mol. The Labute approximate surface area is 190 Å². The number of benzene rings is 1. The summed E-state index contributed by atoms with van der Waals surface area (Å²) in [5.74, 6) is 1.65. The van der Waals surface area contributed by atoms with Crippen LogP contribution in [-0.2, 0) is 14.3 Å². The minimum Gasteiger partial charge on any atom is -0.508 e. The van der Waals surface area contributed by atoms with E-state index >= 15 is 0 Å². The van der Waals surface area contributed by atoms with E-state index in [4.69, 9.17) is 9.47 Å². The molecule has 3 aliphatic heterocycles. The number of nitrogens with zero attached hydrogens (tertiary/aromatic N) is 1. The zero-order valence-electron chi connectivity index (χ0n) is 19.4. The van der Waals surface area contributed by atoms with E-state index < -0.39 is 5.60 Å². The Hall–Kier alpha value is -2.28. The van der Waals surface area contributed by atoms with Gasteiger partial charge in [0.1, 0.15) is 17.1 Å². The number of hydrogen-bond acceptors (Lipinski definition) is 5. The molecule has 0 radical (unpaired) electrons. The van der Waals surface area contributed by atoms with Crippen LogP contribution in [0.1, 0.15) is 71.0 Å². The molecule has 0 unspecified atom stereocenters. The largest absolute Gasteiger partial charge is 0.508 e. The Kier molecular flexibility index (Phi) is 6.65. The normalized spacial score (nSPS) is 28.0. The molecule has 1 aromatic rings. The zero-order valence-corrected chi connectivity index (χ0v) is 19.4. The molecular formula is C25H36N2O5. The molecule has 0 bridgehead atoms. The van der Waals surface area contributed by atoms with Gasteiger partial charge in [-0.2, -0.15) is 0 Å². The second-order valence-corrected chi connectivity index (χ2v) is 10.0. The number of carbonyl (C=O) groups excluding carboxylic acids is 2. The summed E-state index contributed by atoms with van der Waals surface area (Å²) in [5, 5.41) is 12.7. The molecule has 2 fully saturated rings. The van der Waals surface area contributed by atoms with E-state index in [0.717, 1.165) is 50.8 Å². The van der Waals surface area contributed by atoms with Crippen molar-refractivity contribution in [1.82, 2.24) is 10.2 Å². The molecule has 7 heteroatoms. The van der Waals surface area contributed by atoms with Crippen molar-refractivity contribution in [3.05, 3.63) is 23.8 Å². The van der Waals surface area contributed by atoms with Crippen LogP contribution in [-0.4, -0.2) is 53.2 Å². The summed E-state index contributed by atoms with van der Waals surface area (Å²) in [5.41, 5.74) is 0.611. The van der Waals surface area contributed by atoms with Crippen molar-refractivity contribution in [3.8, 4) is 11.5 Å². The lowest BCUT2D eigenvalue weighted by Crippen LogP contribution is -2.55. The fourth-order valence-electron chi connectivity index (χ4n) is 5.52. The predicted molar refractivity (Wildman–Crippen MR) is 120 cm³/mol. The molecular weight excluding hydrogens is 408 g/mol. The lowest BCUT2D eigenvalue weighted by Gasteiger charge is -2.53. The van der Waals surface area contributed by atoms with Crippen LogP contribution in [0.25, 0.3) is 0 Å². The maximum atomic E-state index is 12.8. The van der Waals surface area contributed by atoms with Crippen molar-refractivity contribution >= 4 is 11.8 Å². The van der Waals surface area contributed by atoms with Crippen molar-refractivity contribution in [2.45, 2.75) is 77.1 Å². The van der Waals surface area contributed by atoms with Gasteiger partial charge in [0.15, 0.2) is 0 Å². The second kappa shape index (κ2) is 9.30. The van der Waals surface area contributed by atoms with E-state index in [9.17, 15) is 14.7 Å². The molecule has 4 rings (SSSR count). The number of aromatic hydroxyl groups is 1. The lowest BCUT2D eigenvalue weighted by atomic mass is 9.70. The molecule has 0 aliphatic carbocycles. The first kappa shape index (κ1) is 22.9. The first-order valence-electron chi connectivity index (χ1n) is 11.9. The van der Waals surface area contributed by atoms with Crippen molar-refractivity contribution in [1.29, 1.82) is 0 Å². The summed E-state index contributed by atoms with van der Waals surface area (Å²) in [6, 6.07) is 5.30. The number of rotatable bonds is 6. The molecule has 2 saturated heterocycles. The summed E-state index contributed by atoms with van der Waals surface area (Å²) in [4.78, 5) is 25.7. The topological polar surface area (TPSA) is 88.1 Å². The first-order valence-corrected chi connectivity index (χ1v) is 11.9. The summed E-state index contributed by atoms with van der Waals surface area (Å²) in [6.45, 7) is 7.87. The average Bonchev–Trinajstić information content (AvgIpc) is 2.74. The molecule has 32 heavy (non-hydrogen) atoms. The van der Waals surface area contributed by atoms with Gasteiger partial charge in [-0.1, -0.05) is 6.42 Å². The summed E-state index contributed by atoms with van der Waals surface area (Å²) in [7, 11) is 0. The number of fused-ring (bicyclic) bond motifs is 4. The predicted octanol–water partition coefficient (Wildman–Crippen LogP) is 3.55. The van der Waals surface area contributed by atoms with Crippen LogP contribution in [0.4, 0.5) is 0 Å². The van der Waals surface area contributed by atoms with Gasteiger partial charge in [-0.25, -0.2) is 0 Å². The van der Waals surface area contributed by atoms with Crippen LogP contribution in [0.5, 0.6) is 11.5 Å². The third kappa shape index (κ3) is 4.87. The number of hydrogen-bond donors (Lipinski definition) is 2. The van der Waals surface area contributed by atoms with Gasteiger partial charge in [0.2, 0.25) is 11.8 Å². The van der Waals surface area contributed by atoms with Crippen LogP contribution < -0.4 is 10.1 Å². The SMILES string of the molecule is CC(=O)NCCCCCC(=O)N1CC[C@H]2O[C@H]3c4ccc(O)cc4OC(C)(C)[C@@H]3C[C@@H]2C1. The summed E-state index contributed by atoms with van der Waals surface area (Å²) in [6.07, 6.45) is 5.20. The smallest absolute Gasteiger partial charge is 0.222 e. The van der Waals surface area contributed by atoms with Crippen LogP contribution in [0.15, 0.2) is 18.2 Å². The van der Waals surface area contributed by atoms with E-state index in [0.29, 0.717) is 24.6 Å². The van der Waals surface area contributed by atoms with E-state index in [-0.39, 0.29) is 35.7 Å². The molecule has 7 nitrogen and oxygen atoms in total. The molecule has 176 valence electrons. The Balaban J connectivity index is 1.33. The molecule has 0 spiro atoms. The Morgan fingerprint density at radius 2 is 2.06 bits per heavy atom. The fraction of sp³-hybridized carbons (Fsp3) is 0.680. The Bertz CT molecular complexity index is 855. The second-order valence-electron chi connectivity index (χ2n) is 10.0. The van der Waals surface area contributed by atoms with E-state index in [1.54, 1.807) is 12.1 Å². The highest BCUT2D eigenvalue weighted by molar-refractivity contribution is 5.76. The third-order valence-electron chi connectivity index (χ3n) is 7.27. The van der Waals surface area contributed by atoms with Crippen molar-refractivity contribution in [2.75, 3.05) is 19.6 Å². The molecule has 2 amide bonds. The van der Waals surface area contributed by atoms with Gasteiger partial charge < -0.3 is 24.8 Å². The van der Waals surface area contributed by atoms with Gasteiger partial charge >= 0.3 is 0 Å². The minimum absolute atomic E-state index is 0.00549. The number of phenolic OH excluding ortho intramolecular Hbond substituents is 1. The van der Waals surface area contributed by atoms with Gasteiger partial charge in [0, 0.05) is 56.4 Å². The number of unbranched alkanes of at least 4 members (excludes halogenated alkanes) is 2. The highest BCUT2D eigenvalue weighted by Gasteiger charge is 2.51. The van der Waals surface area contributed by atoms with Crippen LogP contribution in [0, 0.1) is 11.8 Å². The number of ether oxygens (including phenoxy) is 2. The number of nitrogens with one attached hydrogen (secondary N) is 1. The van der Waals surface area contributed by atoms with Gasteiger partial charge in [-0.3, -0.25) is 9.59 Å². The molecule has 0 aromatic heterocycles. The van der Waals surface area contributed by atoms with Crippen LogP contribution >= 0.6 is 0 Å². The summed E-state index contributed by atoms with van der Waals surface area (Å²) < 4.78 is 12.9. The number of amides is 2. The number of carbonyl (C=O) groups is 2. The molecule has 4 atom stereocenters. The number of piperidine rings is 1. The van der Waals surface area contributed by atoms with E-state index in [2.05, 4.69) is 19.2 Å². The third-order valence-corrected chi connectivity index (χ3v) is 7.27. The maximum absolute atomic E-state index is 12.8. The standard InChI is InChI=1S/C25H36N2O5/c1-16(28)26-11-6-4-5-7-23(30)27-12-10-21-17(15-27)13-20-24(31-21)19-9-8-18(29)14-22(19)32-25(20,2)3/h8-9,14,17,20-21,24,29H,4-7,10-13,15H2,1-3H3,(H,26,28)/t17-,20-,21-,24+/m1/s1. The molecule has 2 N–H and O–H groups in total. The quantitative estimate of drug-likeness (QED) is 0.655. The number of phenols is 1. The first-order chi connectivity index (χ1) is 15.2. The maximum Gasteiger partial charge on any atom is 0.222 e. The van der Waals surface area contributed by atoms with Crippen LogP contribution in [0.2, 0.25) is 0 Å². The van der Waals surface area contributed by atoms with Gasteiger partial charge in [0.05, 0.1) is 12.2 Å². The minimum atomic E-state index is -0.406. The van der Waals surface area contributed by atoms with Gasteiger partial charge in [-0.15, -0.1) is 0 Å². The molecule has 3 heterocycles. The summed E-state index contributed by atoms with van der Waals surface area (Å²) >= 11 is 0. The van der Waals surface area contributed by atoms with Crippen molar-refractivity contribution in [3.63, 3.8) is 0 Å². The lowest BCUT2D eigenvalue weighted by molar-refractivity contribution is -0.188. The molecule has 1 aromatic carbocycles. The van der Waals surface area contributed by atoms with E-state index in [1.807, 2.05) is 11.0 Å². The van der Waals surface area contributed by atoms with Crippen molar-refractivity contribution < 1.29 is 24.2 Å². The van der Waals surface area contributed by atoms with E-state index in [1.165, 1.54) is 6.92 Å². The molecule has 3 aliphatic rings. The highest BCUT2D eigenvalue weighted by atomic mass is 16.5. The fourth-order valence-corrected chi connectivity index (χ4v) is 5.52. The van der Waals surface area contributed by atoms with Crippen LogP contribution in [0.3, 0.4) is 0 Å². The van der Waals surface area contributed by atoms with Gasteiger partial charge in [-0.05, 0) is 51.7 Å². The highest BCUT2D eigenvalue weighted by Crippen LogP contribution is 2.53. The Morgan fingerprint density at radius 3 is 2.84 bits per heavy atom. The van der Waals surface area contributed by atoms with Crippen molar-refractivity contribution in [2.24, 2.45) is 11.8 Å². The number of likely N-dealkylation sites (tertiary alicyclic amines) is 1. The average molecular weight is 445 g/mol. The zero-order chi connectivity index (χ0) is 22.9. The Morgan fingerprint density at radius 1 is 1.25 bits per heavy atom. The van der Waals surface area contributed by atoms with Gasteiger partial charge in [0.25, 0.3) is 0 Å². The molecule has 0 saturated carbocycles.